The summed E-state index contributed by atoms with van der Waals surface area (Å²) in [6.07, 6.45) is 1.57. The molecule has 8 heteroatoms. The number of nitrogens with one attached hydrogen (secondary N) is 2. The van der Waals surface area contributed by atoms with Gasteiger partial charge in [-0.15, -0.1) is 0 Å². The number of carbonyl (C=O) groups excluding carboxylic acids is 1. The van der Waals surface area contributed by atoms with Gasteiger partial charge in [-0.25, -0.2) is 0 Å². The number of anilines is 2. The van der Waals surface area contributed by atoms with Crippen LogP contribution in [-0.2, 0) is 4.74 Å². The van der Waals surface area contributed by atoms with Gasteiger partial charge < -0.3 is 19.9 Å². The molecule has 1 amide bonds. The number of aromatic amines is 1. The molecule has 0 spiro atoms. The van der Waals surface area contributed by atoms with Crippen molar-refractivity contribution in [3.8, 4) is 0 Å². The number of rotatable bonds is 4. The van der Waals surface area contributed by atoms with E-state index in [-0.39, 0.29) is 11.6 Å². The molecule has 1 fully saturated rings. The maximum absolute atomic E-state index is 12.9. The Kier molecular flexibility index (Phi) is 4.70. The lowest BCUT2D eigenvalue weighted by Gasteiger charge is -2.29. The van der Waals surface area contributed by atoms with Crippen LogP contribution >= 0.6 is 0 Å². The molecule has 4 rings (SSSR count). The molecule has 0 unspecified atom stereocenters. The molecule has 0 bridgehead atoms. The molecular weight excluding hydrogens is 360 g/mol. The molecule has 0 saturated carbocycles. The average Bonchev–Trinajstić information content (AvgIpc) is 3.13. The van der Waals surface area contributed by atoms with E-state index in [1.165, 1.54) is 12.1 Å². The van der Waals surface area contributed by atoms with Crippen molar-refractivity contribution in [1.29, 1.82) is 0 Å². The zero-order valence-electron chi connectivity index (χ0n) is 15.4. The van der Waals surface area contributed by atoms with Gasteiger partial charge >= 0.3 is 0 Å². The van der Waals surface area contributed by atoms with E-state index in [0.717, 1.165) is 24.3 Å². The minimum atomic E-state index is -0.468. The number of fused-ring (bicyclic) bond motifs is 1. The van der Waals surface area contributed by atoms with Crippen LogP contribution in [0.15, 0.2) is 42.6 Å². The molecule has 1 aliphatic rings. The first-order valence-electron chi connectivity index (χ1n) is 9.03. The van der Waals surface area contributed by atoms with E-state index < -0.39 is 4.92 Å². The van der Waals surface area contributed by atoms with Crippen LogP contribution in [0.4, 0.5) is 17.1 Å². The van der Waals surface area contributed by atoms with Crippen molar-refractivity contribution in [2.24, 2.45) is 0 Å². The molecule has 1 saturated heterocycles. The van der Waals surface area contributed by atoms with Gasteiger partial charge in [-0.05, 0) is 30.7 Å². The number of amides is 1. The van der Waals surface area contributed by atoms with Crippen LogP contribution in [0.5, 0.6) is 0 Å². The Morgan fingerprint density at radius 2 is 2.00 bits per heavy atom. The van der Waals surface area contributed by atoms with Crippen LogP contribution in [-0.4, -0.2) is 42.1 Å². The molecular formula is C20H20N4O4. The molecule has 144 valence electrons. The molecule has 28 heavy (non-hydrogen) atoms. The number of morpholine rings is 1. The van der Waals surface area contributed by atoms with Gasteiger partial charge in [-0.1, -0.05) is 6.07 Å². The Morgan fingerprint density at radius 3 is 2.75 bits per heavy atom. The predicted octanol–water partition coefficient (Wildman–Crippen LogP) is 3.47. The maximum atomic E-state index is 12.9. The highest BCUT2D eigenvalue weighted by molar-refractivity contribution is 6.13. The molecule has 3 aromatic rings. The van der Waals surface area contributed by atoms with Crippen molar-refractivity contribution >= 4 is 33.9 Å². The summed E-state index contributed by atoms with van der Waals surface area (Å²) in [5.74, 6) is -0.311. The predicted molar refractivity (Wildman–Crippen MR) is 107 cm³/mol. The van der Waals surface area contributed by atoms with Crippen molar-refractivity contribution in [3.63, 3.8) is 0 Å². The van der Waals surface area contributed by atoms with Crippen LogP contribution in [0.2, 0.25) is 0 Å². The third-order valence-corrected chi connectivity index (χ3v) is 4.97. The fourth-order valence-corrected chi connectivity index (χ4v) is 3.36. The second-order valence-corrected chi connectivity index (χ2v) is 6.74. The maximum Gasteiger partial charge on any atom is 0.270 e. The van der Waals surface area contributed by atoms with Crippen LogP contribution < -0.4 is 10.2 Å². The van der Waals surface area contributed by atoms with Gasteiger partial charge in [0.2, 0.25) is 0 Å². The summed E-state index contributed by atoms with van der Waals surface area (Å²) in [6.45, 7) is 4.91. The lowest BCUT2D eigenvalue weighted by Crippen LogP contribution is -2.36. The second-order valence-electron chi connectivity index (χ2n) is 6.74. The molecule has 2 heterocycles. The number of benzene rings is 2. The van der Waals surface area contributed by atoms with Gasteiger partial charge in [-0.3, -0.25) is 14.9 Å². The largest absolute Gasteiger partial charge is 0.378 e. The summed E-state index contributed by atoms with van der Waals surface area (Å²) >= 11 is 0. The summed E-state index contributed by atoms with van der Waals surface area (Å²) in [6, 6.07) is 10.4. The standard InChI is InChI=1S/C20H20N4O4/c1-13-2-3-14(23-6-8-28-9-7-23)11-19(13)22-20(25)17-12-21-18-5-4-15(24(26)27)10-16(17)18/h2-5,10-12,21H,6-9H2,1H3,(H,22,25). The highest BCUT2D eigenvalue weighted by atomic mass is 16.6. The number of ether oxygens (including phenoxy) is 1. The van der Waals surface area contributed by atoms with E-state index in [1.807, 2.05) is 25.1 Å². The number of aromatic nitrogens is 1. The number of aryl methyl sites for hydroxylation is 1. The topological polar surface area (TPSA) is 100 Å². The Labute approximate surface area is 161 Å². The van der Waals surface area contributed by atoms with Gasteiger partial charge in [0.25, 0.3) is 11.6 Å². The lowest BCUT2D eigenvalue weighted by molar-refractivity contribution is -0.384. The molecule has 1 aliphatic heterocycles. The van der Waals surface area contributed by atoms with Gasteiger partial charge in [0.15, 0.2) is 0 Å². The van der Waals surface area contributed by atoms with Crippen molar-refractivity contribution in [2.75, 3.05) is 36.5 Å². The van der Waals surface area contributed by atoms with E-state index in [9.17, 15) is 14.9 Å². The molecule has 0 radical (unpaired) electrons. The summed E-state index contributed by atoms with van der Waals surface area (Å²) in [4.78, 5) is 28.7. The highest BCUT2D eigenvalue weighted by Gasteiger charge is 2.17. The zero-order chi connectivity index (χ0) is 19.7. The highest BCUT2D eigenvalue weighted by Crippen LogP contribution is 2.27. The number of nitrogens with zero attached hydrogens (tertiary/aromatic N) is 2. The first-order chi connectivity index (χ1) is 13.5. The second kappa shape index (κ2) is 7.32. The molecule has 0 aliphatic carbocycles. The Balaban J connectivity index is 1.62. The van der Waals surface area contributed by atoms with Crippen LogP contribution in [0, 0.1) is 17.0 Å². The number of nitro benzene ring substituents is 1. The Hall–Kier alpha value is -3.39. The molecule has 2 N–H and O–H groups in total. The number of hydrogen-bond donors (Lipinski definition) is 2. The number of hydrogen-bond acceptors (Lipinski definition) is 5. The smallest absolute Gasteiger partial charge is 0.270 e. The summed E-state index contributed by atoms with van der Waals surface area (Å²) in [7, 11) is 0. The minimum absolute atomic E-state index is 0.0494. The van der Waals surface area contributed by atoms with Crippen molar-refractivity contribution in [3.05, 3.63) is 63.8 Å². The molecule has 0 atom stereocenters. The fraction of sp³-hybridized carbons (Fsp3) is 0.250. The van der Waals surface area contributed by atoms with Crippen LogP contribution in [0.1, 0.15) is 15.9 Å². The third-order valence-electron chi connectivity index (χ3n) is 4.97. The summed E-state index contributed by atoms with van der Waals surface area (Å²) in [5.41, 5.74) is 3.68. The van der Waals surface area contributed by atoms with Crippen molar-refractivity contribution in [2.45, 2.75) is 6.92 Å². The zero-order valence-corrected chi connectivity index (χ0v) is 15.4. The average molecular weight is 380 g/mol. The fourth-order valence-electron chi connectivity index (χ4n) is 3.36. The number of nitro groups is 1. The number of carbonyl (C=O) groups is 1. The quantitative estimate of drug-likeness (QED) is 0.533. The van der Waals surface area contributed by atoms with Crippen molar-refractivity contribution < 1.29 is 14.5 Å². The van der Waals surface area contributed by atoms with E-state index in [4.69, 9.17) is 4.74 Å². The normalized spacial score (nSPS) is 14.2. The van der Waals surface area contributed by atoms with Crippen LogP contribution in [0.3, 0.4) is 0 Å². The molecule has 2 aromatic carbocycles. The third kappa shape index (κ3) is 3.41. The Morgan fingerprint density at radius 1 is 1.21 bits per heavy atom. The van der Waals surface area contributed by atoms with E-state index in [1.54, 1.807) is 12.3 Å². The van der Waals surface area contributed by atoms with Gasteiger partial charge in [0.1, 0.15) is 0 Å². The van der Waals surface area contributed by atoms with Crippen LogP contribution in [0.25, 0.3) is 10.9 Å². The van der Waals surface area contributed by atoms with Gasteiger partial charge in [-0.2, -0.15) is 0 Å². The SMILES string of the molecule is Cc1ccc(N2CCOCC2)cc1NC(=O)c1c[nH]c2ccc([N+](=O)[O-])cc12. The van der Waals surface area contributed by atoms with Gasteiger partial charge in [0, 0.05) is 53.7 Å². The number of non-ortho nitro benzene ring substituents is 1. The van der Waals surface area contributed by atoms with Crippen molar-refractivity contribution in [1.82, 2.24) is 4.98 Å². The Bertz CT molecular complexity index is 1050. The monoisotopic (exact) mass is 380 g/mol. The number of H-pyrrole nitrogens is 1. The van der Waals surface area contributed by atoms with E-state index in [2.05, 4.69) is 15.2 Å². The summed E-state index contributed by atoms with van der Waals surface area (Å²) in [5, 5.41) is 14.5. The summed E-state index contributed by atoms with van der Waals surface area (Å²) < 4.78 is 5.39. The first-order valence-corrected chi connectivity index (χ1v) is 9.03. The minimum Gasteiger partial charge on any atom is -0.378 e. The van der Waals surface area contributed by atoms with E-state index >= 15 is 0 Å². The van der Waals surface area contributed by atoms with E-state index in [0.29, 0.717) is 35.4 Å². The first kappa shape index (κ1) is 18.0. The lowest BCUT2D eigenvalue weighted by atomic mass is 10.1. The molecule has 1 aromatic heterocycles. The van der Waals surface area contributed by atoms with Gasteiger partial charge in [0.05, 0.1) is 23.7 Å². The molecule has 8 nitrogen and oxygen atoms in total.